The number of nitrogens with one attached hydrogen (secondary N) is 1. The summed E-state index contributed by atoms with van der Waals surface area (Å²) in [5.41, 5.74) is 10.7. The molecule has 0 atom stereocenters. The summed E-state index contributed by atoms with van der Waals surface area (Å²) in [5.74, 6) is 0.725. The lowest BCUT2D eigenvalue weighted by Gasteiger charge is -2.24. The highest BCUT2D eigenvalue weighted by Crippen LogP contribution is 2.41. The van der Waals surface area contributed by atoms with Gasteiger partial charge in [-0.05, 0) is 26.2 Å². The van der Waals surface area contributed by atoms with E-state index < -0.39 is 11.2 Å². The summed E-state index contributed by atoms with van der Waals surface area (Å²) in [5, 5.41) is 10.3. The van der Waals surface area contributed by atoms with Gasteiger partial charge in [0.25, 0.3) is 0 Å². The number of anilines is 4. The minimum absolute atomic E-state index is 0.0590. The molecule has 10 nitrogen and oxygen atoms in total. The summed E-state index contributed by atoms with van der Waals surface area (Å²) in [4.78, 5) is 13.3. The van der Waals surface area contributed by atoms with E-state index in [9.17, 15) is 13.2 Å². The molecule has 0 bridgehead atoms. The van der Waals surface area contributed by atoms with Crippen LogP contribution in [0.25, 0.3) is 32.7 Å². The van der Waals surface area contributed by atoms with Crippen LogP contribution in [-0.2, 0) is 13.2 Å². The number of methoxy groups -OCH3 is 1. The topological polar surface area (TPSA) is 110 Å². The van der Waals surface area contributed by atoms with Crippen LogP contribution < -0.4 is 20.7 Å². The molecule has 0 aliphatic carbocycles. The summed E-state index contributed by atoms with van der Waals surface area (Å²) in [6.45, 7) is 1.60. The normalized spacial score (nSPS) is 11.8. The standard InChI is InChI=1S/C28H30F3N9OS/c1-38(2)10-11-39(3)22-13-23(41-5)20(12-19(22)32)34-27-33-14-17(25-36-37-26(42-25)28(29,30)31)24(35-27)18-15-40(4)21-9-7-6-8-16(18)21/h6-9,12-15H,10-11,32H2,1-5H3,(H,33,34,35). The van der Waals surface area contributed by atoms with Crippen LogP contribution in [0.4, 0.5) is 36.2 Å². The Morgan fingerprint density at radius 3 is 2.52 bits per heavy atom. The van der Waals surface area contributed by atoms with Gasteiger partial charge in [-0.15, -0.1) is 10.2 Å². The molecular weight excluding hydrogens is 567 g/mol. The fourth-order valence-corrected chi connectivity index (χ4v) is 5.28. The maximum Gasteiger partial charge on any atom is 0.445 e. The van der Waals surface area contributed by atoms with Crippen LogP contribution in [0.3, 0.4) is 0 Å². The Hall–Kier alpha value is -4.43. The Morgan fingerprint density at radius 1 is 1.07 bits per heavy atom. The molecule has 42 heavy (non-hydrogen) atoms. The van der Waals surface area contributed by atoms with E-state index in [-0.39, 0.29) is 11.0 Å². The average molecular weight is 598 g/mol. The van der Waals surface area contributed by atoms with Gasteiger partial charge >= 0.3 is 6.18 Å². The van der Waals surface area contributed by atoms with Crippen LogP contribution >= 0.6 is 11.3 Å². The van der Waals surface area contributed by atoms with E-state index in [0.29, 0.717) is 45.3 Å². The summed E-state index contributed by atoms with van der Waals surface area (Å²) < 4.78 is 47.7. The van der Waals surface area contributed by atoms with Crippen LogP contribution in [-0.4, -0.2) is 71.0 Å². The molecule has 0 saturated heterocycles. The third-order valence-electron chi connectivity index (χ3n) is 6.73. The molecule has 0 amide bonds. The van der Waals surface area contributed by atoms with Crippen LogP contribution in [0, 0.1) is 0 Å². The predicted molar refractivity (Wildman–Crippen MR) is 160 cm³/mol. The van der Waals surface area contributed by atoms with E-state index in [0.717, 1.165) is 29.7 Å². The van der Waals surface area contributed by atoms with Crippen molar-refractivity contribution in [3.63, 3.8) is 0 Å². The smallest absolute Gasteiger partial charge is 0.445 e. The Labute approximate surface area is 244 Å². The second-order valence-corrected chi connectivity index (χ2v) is 11.0. The van der Waals surface area contributed by atoms with Gasteiger partial charge in [0.15, 0.2) is 5.01 Å². The SMILES string of the molecule is COc1cc(N(C)CCN(C)C)c(N)cc1Nc1ncc(-c2nnc(C(F)(F)F)s2)c(-c2cn(C)c3ccccc23)n1. The summed E-state index contributed by atoms with van der Waals surface area (Å²) in [7, 11) is 9.41. The van der Waals surface area contributed by atoms with Crippen LogP contribution in [0.1, 0.15) is 5.01 Å². The van der Waals surface area contributed by atoms with E-state index in [2.05, 4.69) is 25.4 Å². The number of para-hydroxylation sites is 1. The van der Waals surface area contributed by atoms with Gasteiger partial charge in [-0.1, -0.05) is 29.5 Å². The highest BCUT2D eigenvalue weighted by atomic mass is 32.1. The third-order valence-corrected chi connectivity index (χ3v) is 7.73. The van der Waals surface area contributed by atoms with Crippen molar-refractivity contribution < 1.29 is 17.9 Å². The highest BCUT2D eigenvalue weighted by Gasteiger charge is 2.36. The van der Waals surface area contributed by atoms with Crippen molar-refractivity contribution in [2.45, 2.75) is 6.18 Å². The lowest BCUT2D eigenvalue weighted by molar-refractivity contribution is -0.138. The van der Waals surface area contributed by atoms with E-state index in [1.807, 2.05) is 74.2 Å². The molecule has 0 aliphatic heterocycles. The summed E-state index contributed by atoms with van der Waals surface area (Å²) >= 11 is 0.443. The first-order valence-corrected chi connectivity index (χ1v) is 13.7. The number of benzene rings is 2. The van der Waals surface area contributed by atoms with Crippen LogP contribution in [0.15, 0.2) is 48.8 Å². The predicted octanol–water partition coefficient (Wildman–Crippen LogP) is 5.50. The number of aromatic nitrogens is 5. The summed E-state index contributed by atoms with van der Waals surface area (Å²) in [6, 6.07) is 11.3. The van der Waals surface area contributed by atoms with E-state index >= 15 is 0 Å². The van der Waals surface area contributed by atoms with E-state index in [1.54, 1.807) is 13.2 Å². The number of halogens is 3. The first kappa shape index (κ1) is 29.1. The molecule has 0 radical (unpaired) electrons. The van der Waals surface area contributed by atoms with Crippen LogP contribution in [0.2, 0.25) is 0 Å². The molecule has 0 unspecified atom stereocenters. The molecule has 5 aromatic rings. The van der Waals surface area contributed by atoms with Gasteiger partial charge in [-0.3, -0.25) is 0 Å². The number of nitrogens with zero attached hydrogens (tertiary/aromatic N) is 7. The van der Waals surface area contributed by atoms with Crippen molar-refractivity contribution in [2.75, 3.05) is 57.3 Å². The number of fused-ring (bicyclic) bond motifs is 1. The van der Waals surface area contributed by atoms with Crippen LogP contribution in [0.5, 0.6) is 5.75 Å². The van der Waals surface area contributed by atoms with Gasteiger partial charge in [0.05, 0.1) is 35.4 Å². The molecule has 0 fully saturated rings. The number of aryl methyl sites for hydroxylation is 1. The first-order valence-electron chi connectivity index (χ1n) is 12.9. The molecule has 0 aliphatic rings. The number of nitrogen functional groups attached to an aromatic ring is 1. The van der Waals surface area contributed by atoms with Crippen molar-refractivity contribution in [1.29, 1.82) is 0 Å². The number of alkyl halides is 3. The van der Waals surface area contributed by atoms with Gasteiger partial charge < -0.3 is 30.2 Å². The number of likely N-dealkylation sites (N-methyl/N-ethyl adjacent to an activating group) is 2. The van der Waals surface area contributed by atoms with Gasteiger partial charge in [-0.2, -0.15) is 13.2 Å². The zero-order chi connectivity index (χ0) is 30.2. The number of rotatable bonds is 9. The highest BCUT2D eigenvalue weighted by molar-refractivity contribution is 7.14. The Balaban J connectivity index is 1.58. The fraction of sp³-hybridized carbons (Fsp3) is 0.286. The molecule has 14 heteroatoms. The van der Waals surface area contributed by atoms with Gasteiger partial charge in [0.2, 0.25) is 11.0 Å². The number of hydrogen-bond acceptors (Lipinski definition) is 10. The van der Waals surface area contributed by atoms with Gasteiger partial charge in [0, 0.05) is 62.1 Å². The van der Waals surface area contributed by atoms with E-state index in [4.69, 9.17) is 15.5 Å². The zero-order valence-electron chi connectivity index (χ0n) is 23.7. The van der Waals surface area contributed by atoms with Crippen molar-refractivity contribution in [2.24, 2.45) is 7.05 Å². The molecule has 3 aromatic heterocycles. The molecule has 220 valence electrons. The summed E-state index contributed by atoms with van der Waals surface area (Å²) in [6.07, 6.45) is -1.28. The minimum Gasteiger partial charge on any atom is -0.494 e. The molecule has 0 saturated carbocycles. The molecular formula is C28H30F3N9OS. The fourth-order valence-electron chi connectivity index (χ4n) is 4.55. The zero-order valence-corrected chi connectivity index (χ0v) is 24.5. The van der Waals surface area contributed by atoms with E-state index in [1.165, 1.54) is 6.20 Å². The van der Waals surface area contributed by atoms with Crippen molar-refractivity contribution in [3.05, 3.63) is 53.8 Å². The number of ether oxygens (including phenoxy) is 1. The number of hydrogen-bond donors (Lipinski definition) is 2. The molecule has 3 heterocycles. The van der Waals surface area contributed by atoms with Gasteiger partial charge in [0.1, 0.15) is 5.75 Å². The molecule has 0 spiro atoms. The largest absolute Gasteiger partial charge is 0.494 e. The minimum atomic E-state index is -4.61. The van der Waals surface area contributed by atoms with Crippen molar-refractivity contribution in [1.82, 2.24) is 29.6 Å². The monoisotopic (exact) mass is 597 g/mol. The average Bonchev–Trinajstić information content (AvgIpc) is 3.58. The second kappa shape index (κ2) is 11.4. The molecule has 2 aromatic carbocycles. The lowest BCUT2D eigenvalue weighted by atomic mass is 10.1. The maximum absolute atomic E-state index is 13.4. The number of nitrogens with two attached hydrogens (primary N) is 1. The Bertz CT molecular complexity index is 1730. The Morgan fingerprint density at radius 2 is 1.83 bits per heavy atom. The first-order chi connectivity index (χ1) is 20.0. The molecule has 5 rings (SSSR count). The lowest BCUT2D eigenvalue weighted by Crippen LogP contribution is -2.29. The third kappa shape index (κ3) is 5.81. The maximum atomic E-state index is 13.4. The van der Waals surface area contributed by atoms with Crippen molar-refractivity contribution in [3.8, 4) is 27.6 Å². The van der Waals surface area contributed by atoms with Crippen molar-refractivity contribution >= 4 is 45.3 Å². The molecule has 3 N–H and O–H groups in total. The second-order valence-electron chi connectivity index (χ2n) is 10.00. The van der Waals surface area contributed by atoms with Gasteiger partial charge in [-0.25, -0.2) is 9.97 Å². The quantitative estimate of drug-likeness (QED) is 0.213. The Kier molecular flexibility index (Phi) is 7.93.